The van der Waals surface area contributed by atoms with Gasteiger partial charge in [0, 0.05) is 44.9 Å². The number of nitrogens with one attached hydrogen (secondary N) is 4. The van der Waals surface area contributed by atoms with E-state index in [2.05, 4.69) is 20.9 Å². The first-order valence-corrected chi connectivity index (χ1v) is 11.9. The van der Waals surface area contributed by atoms with E-state index in [0.717, 1.165) is 16.9 Å². The highest BCUT2D eigenvalue weighted by Crippen LogP contribution is 2.24. The Morgan fingerprint density at radius 3 is 2.31 bits per heavy atom. The maximum atomic E-state index is 12.4. The molecule has 0 aliphatic carbocycles. The molecule has 0 saturated carbocycles. The van der Waals surface area contributed by atoms with Gasteiger partial charge in [0.05, 0.1) is 12.2 Å². The van der Waals surface area contributed by atoms with Gasteiger partial charge in [0.1, 0.15) is 5.84 Å². The van der Waals surface area contributed by atoms with Gasteiger partial charge in [0.2, 0.25) is 5.91 Å². The number of hydrogen-bond donors (Lipinski definition) is 4. The molecule has 6 nitrogen and oxygen atoms in total. The smallest absolute Gasteiger partial charge is 0.248 e. The Balaban J connectivity index is 1.36. The molecule has 0 radical (unpaired) electrons. The molecule has 0 unspecified atom stereocenters. The zero-order chi connectivity index (χ0) is 25.3. The van der Waals surface area contributed by atoms with Crippen molar-refractivity contribution in [3.63, 3.8) is 0 Å². The minimum absolute atomic E-state index is 0.199. The second-order valence-corrected chi connectivity index (χ2v) is 8.67. The van der Waals surface area contributed by atoms with Crippen molar-refractivity contribution in [2.75, 3.05) is 16.0 Å². The van der Waals surface area contributed by atoms with E-state index in [9.17, 15) is 4.79 Å². The molecule has 0 saturated heterocycles. The van der Waals surface area contributed by atoms with E-state index in [-0.39, 0.29) is 11.7 Å². The maximum Gasteiger partial charge on any atom is 0.248 e. The topological polar surface area (TPSA) is 89.9 Å². The molecule has 4 rings (SSSR count). The highest BCUT2D eigenvalue weighted by molar-refractivity contribution is 6.32. The van der Waals surface area contributed by atoms with Crippen molar-refractivity contribution in [1.82, 2.24) is 4.98 Å². The van der Waals surface area contributed by atoms with Crippen LogP contribution in [0.3, 0.4) is 0 Å². The molecule has 1 heterocycles. The predicted octanol–water partition coefficient (Wildman–Crippen LogP) is 7.09. The zero-order valence-corrected chi connectivity index (χ0v) is 20.6. The van der Waals surface area contributed by atoms with Crippen molar-refractivity contribution in [2.45, 2.75) is 6.54 Å². The number of halogens is 2. The fraction of sp³-hybridized carbons (Fsp3) is 0.0357. The Labute approximate surface area is 219 Å². The highest BCUT2D eigenvalue weighted by atomic mass is 35.5. The molecule has 3 aromatic carbocycles. The Bertz CT molecular complexity index is 1390. The van der Waals surface area contributed by atoms with E-state index < -0.39 is 0 Å². The normalized spacial score (nSPS) is 10.7. The van der Waals surface area contributed by atoms with Crippen LogP contribution in [-0.4, -0.2) is 16.7 Å². The van der Waals surface area contributed by atoms with Crippen LogP contribution in [0.5, 0.6) is 0 Å². The molecule has 0 aliphatic rings. The molecule has 0 bridgehead atoms. The lowest BCUT2D eigenvalue weighted by Crippen LogP contribution is -2.13. The first-order valence-electron chi connectivity index (χ1n) is 11.1. The van der Waals surface area contributed by atoms with E-state index in [4.69, 9.17) is 28.6 Å². The van der Waals surface area contributed by atoms with Crippen molar-refractivity contribution in [2.24, 2.45) is 0 Å². The summed E-state index contributed by atoms with van der Waals surface area (Å²) in [6.45, 7) is 0.612. The van der Waals surface area contributed by atoms with Gasteiger partial charge in [-0.25, -0.2) is 0 Å². The van der Waals surface area contributed by atoms with Crippen LogP contribution >= 0.6 is 23.2 Å². The molecule has 1 amide bonds. The number of pyridine rings is 1. The molecule has 36 heavy (non-hydrogen) atoms. The lowest BCUT2D eigenvalue weighted by atomic mass is 10.1. The van der Waals surface area contributed by atoms with Gasteiger partial charge in [-0.2, -0.15) is 0 Å². The third kappa shape index (κ3) is 7.18. The van der Waals surface area contributed by atoms with Crippen LogP contribution in [0.2, 0.25) is 10.0 Å². The Morgan fingerprint density at radius 1 is 0.861 bits per heavy atom. The van der Waals surface area contributed by atoms with Gasteiger partial charge < -0.3 is 16.0 Å². The van der Waals surface area contributed by atoms with Gasteiger partial charge in [0.15, 0.2) is 0 Å². The van der Waals surface area contributed by atoms with E-state index in [1.807, 2.05) is 60.7 Å². The van der Waals surface area contributed by atoms with Gasteiger partial charge >= 0.3 is 0 Å². The summed E-state index contributed by atoms with van der Waals surface area (Å²) in [5, 5.41) is 18.6. The molecule has 0 atom stereocenters. The van der Waals surface area contributed by atoms with Gasteiger partial charge in [0.25, 0.3) is 0 Å². The molecule has 180 valence electrons. The first kappa shape index (κ1) is 25.0. The average Bonchev–Trinajstić information content (AvgIpc) is 2.87. The lowest BCUT2D eigenvalue weighted by molar-refractivity contribution is -0.111. The third-order valence-corrected chi connectivity index (χ3v) is 5.69. The summed E-state index contributed by atoms with van der Waals surface area (Å²) in [6, 6.07) is 25.6. The molecule has 4 aromatic rings. The minimum Gasteiger partial charge on any atom is -0.379 e. The standard InChI is InChI=1S/C28H23Cl2N5O/c29-21-15-24(34-27(36)13-10-19-5-1-2-7-26(19)30)17-25(16-21)35-28(31)20-8-11-22(12-9-20)33-18-23-6-3-4-14-32-23/h1-17,33H,18H2,(H2,31,35)(H,34,36). The number of amidine groups is 1. The van der Waals surface area contributed by atoms with Crippen molar-refractivity contribution in [3.05, 3.63) is 124 Å². The predicted molar refractivity (Wildman–Crippen MR) is 149 cm³/mol. The van der Waals surface area contributed by atoms with Crippen LogP contribution in [0.25, 0.3) is 6.08 Å². The van der Waals surface area contributed by atoms with Crippen molar-refractivity contribution >= 4 is 58.1 Å². The zero-order valence-electron chi connectivity index (χ0n) is 19.1. The molecule has 1 aromatic heterocycles. The van der Waals surface area contributed by atoms with E-state index in [1.165, 1.54) is 6.08 Å². The highest BCUT2D eigenvalue weighted by Gasteiger charge is 2.07. The number of benzene rings is 3. The number of carbonyl (C=O) groups excluding carboxylic acids is 1. The van der Waals surface area contributed by atoms with Crippen LogP contribution in [0, 0.1) is 5.41 Å². The minimum atomic E-state index is -0.327. The average molecular weight is 516 g/mol. The quantitative estimate of drug-likeness (QED) is 0.114. The molecule has 4 N–H and O–H groups in total. The number of anilines is 3. The van der Waals surface area contributed by atoms with Crippen LogP contribution in [0.15, 0.2) is 97.2 Å². The van der Waals surface area contributed by atoms with Crippen molar-refractivity contribution < 1.29 is 4.79 Å². The first-order chi connectivity index (χ1) is 17.5. The lowest BCUT2D eigenvalue weighted by Gasteiger charge is -2.12. The number of carbonyl (C=O) groups is 1. The summed E-state index contributed by atoms with van der Waals surface area (Å²) in [7, 11) is 0. The van der Waals surface area contributed by atoms with Crippen molar-refractivity contribution in [1.29, 1.82) is 5.41 Å². The van der Waals surface area contributed by atoms with E-state index >= 15 is 0 Å². The third-order valence-electron chi connectivity index (χ3n) is 5.13. The Kier molecular flexibility index (Phi) is 8.34. The van der Waals surface area contributed by atoms with E-state index in [0.29, 0.717) is 33.5 Å². The van der Waals surface area contributed by atoms with E-state index in [1.54, 1.807) is 36.5 Å². The van der Waals surface area contributed by atoms with Gasteiger partial charge in [-0.1, -0.05) is 47.5 Å². The molecular weight excluding hydrogens is 493 g/mol. The largest absolute Gasteiger partial charge is 0.379 e. The maximum absolute atomic E-state index is 12.4. The van der Waals surface area contributed by atoms with Gasteiger partial charge in [-0.15, -0.1) is 0 Å². The fourth-order valence-electron chi connectivity index (χ4n) is 3.36. The number of aromatic nitrogens is 1. The molecule has 8 heteroatoms. The van der Waals surface area contributed by atoms with Crippen LogP contribution in [0.1, 0.15) is 16.8 Å². The number of amides is 1. The summed E-state index contributed by atoms with van der Waals surface area (Å²) < 4.78 is 0. The molecule has 0 spiro atoms. The monoisotopic (exact) mass is 515 g/mol. The van der Waals surface area contributed by atoms with Gasteiger partial charge in [-0.3, -0.25) is 15.2 Å². The second-order valence-electron chi connectivity index (χ2n) is 7.82. The molecule has 0 fully saturated rings. The summed E-state index contributed by atoms with van der Waals surface area (Å²) in [6.07, 6.45) is 4.81. The van der Waals surface area contributed by atoms with Gasteiger partial charge in [-0.05, 0) is 72.3 Å². The number of nitrogens with zero attached hydrogens (tertiary/aromatic N) is 1. The second kappa shape index (κ2) is 12.0. The van der Waals surface area contributed by atoms with Crippen LogP contribution in [-0.2, 0) is 11.3 Å². The molecular formula is C28H23Cl2N5O. The summed E-state index contributed by atoms with van der Waals surface area (Å²) in [5.74, 6) is -0.128. The van der Waals surface area contributed by atoms with Crippen LogP contribution < -0.4 is 16.0 Å². The number of rotatable bonds is 8. The number of hydrogen-bond acceptors (Lipinski definition) is 4. The summed E-state index contributed by atoms with van der Waals surface area (Å²) in [5.41, 5.74) is 4.39. The Morgan fingerprint density at radius 2 is 1.58 bits per heavy atom. The van der Waals surface area contributed by atoms with Crippen LogP contribution in [0.4, 0.5) is 17.1 Å². The summed E-state index contributed by atoms with van der Waals surface area (Å²) >= 11 is 12.4. The Hall–Kier alpha value is -4.13. The fourth-order valence-corrected chi connectivity index (χ4v) is 3.79. The SMILES string of the molecule is N=C(Nc1cc(Cl)cc(NC(=O)C=Cc2ccccc2Cl)c1)c1ccc(NCc2ccccn2)cc1. The molecule has 0 aliphatic heterocycles. The van der Waals surface area contributed by atoms with Crippen molar-refractivity contribution in [3.8, 4) is 0 Å². The summed E-state index contributed by atoms with van der Waals surface area (Å²) in [4.78, 5) is 16.7.